The summed E-state index contributed by atoms with van der Waals surface area (Å²) in [6, 6.07) is 10.8. The van der Waals surface area contributed by atoms with Crippen LogP contribution in [0.25, 0.3) is 11.1 Å². The van der Waals surface area contributed by atoms with Crippen molar-refractivity contribution in [2.45, 2.75) is 39.5 Å². The van der Waals surface area contributed by atoms with Gasteiger partial charge in [0.15, 0.2) is 5.11 Å². The van der Waals surface area contributed by atoms with Crippen LogP contribution in [0.4, 0.5) is 5.69 Å². The van der Waals surface area contributed by atoms with Crippen LogP contribution >= 0.6 is 23.6 Å². The number of benzene rings is 1. The minimum Gasteiger partial charge on any atom is -0.478 e. The summed E-state index contributed by atoms with van der Waals surface area (Å²) in [4.78, 5) is 40.7. The molecule has 5 rings (SSSR count). The number of aromatic carboxylic acids is 1. The van der Waals surface area contributed by atoms with Gasteiger partial charge in [-0.2, -0.15) is 0 Å². The molecule has 1 fully saturated rings. The molecule has 1 aliphatic carbocycles. The van der Waals surface area contributed by atoms with Gasteiger partial charge in [-0.05, 0) is 87.2 Å². The van der Waals surface area contributed by atoms with Crippen LogP contribution in [-0.4, -0.2) is 32.6 Å². The Bertz CT molecular complexity index is 1430. The van der Waals surface area contributed by atoms with Gasteiger partial charge in [0, 0.05) is 16.3 Å². The first-order valence-corrected chi connectivity index (χ1v) is 12.5. The van der Waals surface area contributed by atoms with Gasteiger partial charge in [-0.3, -0.25) is 19.8 Å². The third-order valence-corrected chi connectivity index (χ3v) is 8.02. The number of hydrogen-bond acceptors (Lipinski definition) is 5. The number of carboxylic acids is 1. The molecule has 2 aliphatic rings. The molecule has 0 unspecified atom stereocenters. The van der Waals surface area contributed by atoms with Crippen LogP contribution in [-0.2, 0) is 22.4 Å². The van der Waals surface area contributed by atoms with Crippen LogP contribution in [0.5, 0.6) is 0 Å². The van der Waals surface area contributed by atoms with Crippen LogP contribution in [0.3, 0.4) is 0 Å². The van der Waals surface area contributed by atoms with Gasteiger partial charge >= 0.3 is 5.97 Å². The summed E-state index contributed by atoms with van der Waals surface area (Å²) < 4.78 is 1.92. The smallest absolute Gasteiger partial charge is 0.339 e. The Kier molecular flexibility index (Phi) is 5.90. The summed E-state index contributed by atoms with van der Waals surface area (Å²) in [7, 11) is 0. The van der Waals surface area contributed by atoms with Crippen LogP contribution in [0.15, 0.2) is 42.0 Å². The number of thiocarbonyl (C=S) groups is 1. The topological polar surface area (TPSA) is 91.6 Å². The van der Waals surface area contributed by atoms with Gasteiger partial charge in [0.05, 0.1) is 11.3 Å². The number of anilines is 1. The summed E-state index contributed by atoms with van der Waals surface area (Å²) in [5.74, 6) is -2.00. The number of nitrogens with zero attached hydrogens (tertiary/aromatic N) is 2. The van der Waals surface area contributed by atoms with Crippen molar-refractivity contribution in [3.63, 3.8) is 0 Å². The molecule has 2 aromatic heterocycles. The maximum absolute atomic E-state index is 13.3. The summed E-state index contributed by atoms with van der Waals surface area (Å²) in [5, 5.41) is 13.3. The largest absolute Gasteiger partial charge is 0.478 e. The monoisotopic (exact) mass is 505 g/mol. The molecule has 3 aromatic rings. The fourth-order valence-electron chi connectivity index (χ4n) is 4.80. The Labute approximate surface area is 211 Å². The average Bonchev–Trinajstić information content (AvgIpc) is 3.33. The number of para-hydroxylation sites is 1. The molecule has 0 spiro atoms. The quantitative estimate of drug-likeness (QED) is 0.308. The molecular weight excluding hydrogens is 482 g/mol. The number of carbonyl (C=O) groups is 3. The number of aryl methyl sites for hydroxylation is 2. The van der Waals surface area contributed by atoms with E-state index in [1.165, 1.54) is 16.2 Å². The Balaban J connectivity index is 1.60. The van der Waals surface area contributed by atoms with Crippen molar-refractivity contribution in [3.8, 4) is 5.00 Å². The number of amides is 2. The molecule has 1 saturated heterocycles. The predicted octanol–water partition coefficient (Wildman–Crippen LogP) is 4.56. The molecule has 2 amide bonds. The molecule has 35 heavy (non-hydrogen) atoms. The van der Waals surface area contributed by atoms with E-state index < -0.39 is 17.8 Å². The zero-order valence-electron chi connectivity index (χ0n) is 19.3. The van der Waals surface area contributed by atoms with E-state index in [9.17, 15) is 19.5 Å². The van der Waals surface area contributed by atoms with Crippen molar-refractivity contribution < 1.29 is 19.5 Å². The summed E-state index contributed by atoms with van der Waals surface area (Å²) in [6.07, 6.45) is 5.27. The lowest BCUT2D eigenvalue weighted by molar-refractivity contribution is -0.122. The first kappa shape index (κ1) is 23.2. The van der Waals surface area contributed by atoms with E-state index in [1.807, 2.05) is 30.5 Å². The molecule has 9 heteroatoms. The zero-order chi connectivity index (χ0) is 24.9. The minimum absolute atomic E-state index is 0.0316. The highest BCUT2D eigenvalue weighted by Crippen LogP contribution is 2.39. The van der Waals surface area contributed by atoms with E-state index in [1.54, 1.807) is 30.3 Å². The van der Waals surface area contributed by atoms with Crippen molar-refractivity contribution in [1.82, 2.24) is 9.88 Å². The van der Waals surface area contributed by atoms with Crippen molar-refractivity contribution in [2.24, 2.45) is 0 Å². The van der Waals surface area contributed by atoms with E-state index in [2.05, 4.69) is 5.32 Å². The molecule has 178 valence electrons. The first-order valence-electron chi connectivity index (χ1n) is 11.3. The summed E-state index contributed by atoms with van der Waals surface area (Å²) >= 11 is 6.78. The van der Waals surface area contributed by atoms with Crippen molar-refractivity contribution in [2.75, 3.05) is 4.90 Å². The molecule has 7 nitrogen and oxygen atoms in total. The summed E-state index contributed by atoms with van der Waals surface area (Å²) in [5.41, 5.74) is 4.08. The molecule has 0 atom stereocenters. The van der Waals surface area contributed by atoms with E-state index in [0.29, 0.717) is 21.8 Å². The van der Waals surface area contributed by atoms with E-state index in [0.717, 1.165) is 47.5 Å². The number of fused-ring (bicyclic) bond motifs is 1. The first-order chi connectivity index (χ1) is 16.8. The fourth-order valence-corrected chi connectivity index (χ4v) is 6.57. The number of nitrogens with one attached hydrogen (secondary N) is 1. The third kappa shape index (κ3) is 3.90. The van der Waals surface area contributed by atoms with Gasteiger partial charge < -0.3 is 9.67 Å². The highest BCUT2D eigenvalue weighted by molar-refractivity contribution is 7.80. The van der Waals surface area contributed by atoms with Gasteiger partial charge in [-0.15, -0.1) is 11.3 Å². The predicted molar refractivity (Wildman–Crippen MR) is 139 cm³/mol. The zero-order valence-corrected chi connectivity index (χ0v) is 20.9. The van der Waals surface area contributed by atoms with Crippen molar-refractivity contribution >= 4 is 58.2 Å². The molecule has 3 heterocycles. The molecule has 2 N–H and O–H groups in total. The van der Waals surface area contributed by atoms with E-state index in [-0.39, 0.29) is 10.7 Å². The van der Waals surface area contributed by atoms with E-state index in [4.69, 9.17) is 12.2 Å². The van der Waals surface area contributed by atoms with Gasteiger partial charge in [-0.25, -0.2) is 4.79 Å². The van der Waals surface area contributed by atoms with Crippen LogP contribution < -0.4 is 10.2 Å². The molecule has 0 radical (unpaired) electrons. The number of carboxylic acid groups (broad SMARTS) is 1. The Hall–Kier alpha value is -3.56. The third-order valence-electron chi connectivity index (χ3n) is 6.46. The van der Waals surface area contributed by atoms with Gasteiger partial charge in [0.2, 0.25) is 0 Å². The molecule has 0 saturated carbocycles. The highest BCUT2D eigenvalue weighted by atomic mass is 32.1. The lowest BCUT2D eigenvalue weighted by Gasteiger charge is -2.28. The van der Waals surface area contributed by atoms with Crippen molar-refractivity contribution in [1.29, 1.82) is 0 Å². The van der Waals surface area contributed by atoms with E-state index >= 15 is 0 Å². The second-order valence-electron chi connectivity index (χ2n) is 8.65. The highest BCUT2D eigenvalue weighted by Gasteiger charge is 2.35. The number of hydrogen-bond donors (Lipinski definition) is 2. The Morgan fingerprint density at radius 3 is 2.57 bits per heavy atom. The summed E-state index contributed by atoms with van der Waals surface area (Å²) in [6.45, 7) is 3.77. The molecule has 1 aromatic carbocycles. The number of rotatable bonds is 4. The Morgan fingerprint density at radius 2 is 1.86 bits per heavy atom. The lowest BCUT2D eigenvalue weighted by atomic mass is 9.95. The van der Waals surface area contributed by atoms with Gasteiger partial charge in [0.25, 0.3) is 11.8 Å². The minimum atomic E-state index is -0.930. The van der Waals surface area contributed by atoms with Gasteiger partial charge in [0.1, 0.15) is 10.6 Å². The normalized spacial score (nSPS) is 17.0. The molecule has 1 aliphatic heterocycles. The molecule has 0 bridgehead atoms. The maximum Gasteiger partial charge on any atom is 0.339 e. The number of thiophene rings is 1. The van der Waals surface area contributed by atoms with Crippen molar-refractivity contribution in [3.05, 3.63) is 74.9 Å². The van der Waals surface area contributed by atoms with Crippen LogP contribution in [0.2, 0.25) is 0 Å². The average molecular weight is 506 g/mol. The number of carbonyl (C=O) groups excluding carboxylic acids is 2. The molecular formula is C26H23N3O4S2. The van der Waals surface area contributed by atoms with Crippen LogP contribution in [0.1, 0.15) is 50.6 Å². The Morgan fingerprint density at radius 1 is 1.14 bits per heavy atom. The second-order valence-corrected chi connectivity index (χ2v) is 10.1. The van der Waals surface area contributed by atoms with Crippen LogP contribution in [0, 0.1) is 13.8 Å². The maximum atomic E-state index is 13.3. The second kappa shape index (κ2) is 8.90. The fraction of sp³-hybridized carbons (Fsp3) is 0.231. The number of aromatic nitrogens is 1. The SMILES string of the molecule is Cc1cc(/C=C2\C(=O)NC(=S)N(c3ccccc3)C2=O)c(C)n1-c1sc2c(c1C(=O)O)CCCC2. The lowest BCUT2D eigenvalue weighted by Crippen LogP contribution is -2.54. The standard InChI is InChI=1S/C26H23N3O4S2/c1-14-12-16(13-19-22(30)27-26(34)29(23(19)31)17-8-4-3-5-9-17)15(2)28(14)24-21(25(32)33)18-10-6-7-11-20(18)35-24/h3-5,8-9,12-13H,6-7,10-11H2,1-2H3,(H,32,33)(H,27,30,34)/b19-13+. The van der Waals surface area contributed by atoms with Gasteiger partial charge in [-0.1, -0.05) is 18.2 Å².